The highest BCUT2D eigenvalue weighted by Crippen LogP contribution is 2.25. The summed E-state index contributed by atoms with van der Waals surface area (Å²) < 4.78 is 0. The van der Waals surface area contributed by atoms with E-state index in [0.717, 1.165) is 13.0 Å². The van der Waals surface area contributed by atoms with Gasteiger partial charge in [0.15, 0.2) is 0 Å². The van der Waals surface area contributed by atoms with Crippen molar-refractivity contribution in [2.24, 2.45) is 5.92 Å². The van der Waals surface area contributed by atoms with Crippen LogP contribution in [0.25, 0.3) is 0 Å². The van der Waals surface area contributed by atoms with Crippen molar-refractivity contribution in [2.75, 3.05) is 26.2 Å². The molecule has 0 spiro atoms. The van der Waals surface area contributed by atoms with Gasteiger partial charge < -0.3 is 20.0 Å². The summed E-state index contributed by atoms with van der Waals surface area (Å²) >= 11 is 0. The standard InChI is InChI=1S/C14H24N2O4/c1-14(20)5-8-15(9-6-14)13(19)16-7-4-11(10-16)2-3-12(17)18/h11,20H,2-10H2,1H3,(H,17,18). The van der Waals surface area contributed by atoms with E-state index in [1.807, 2.05) is 11.8 Å². The Bertz CT molecular complexity index is 373. The van der Waals surface area contributed by atoms with Crippen molar-refractivity contribution in [2.45, 2.75) is 44.6 Å². The molecule has 0 saturated carbocycles. The van der Waals surface area contributed by atoms with Crippen molar-refractivity contribution in [3.8, 4) is 0 Å². The number of hydrogen-bond donors (Lipinski definition) is 2. The number of rotatable bonds is 3. The summed E-state index contributed by atoms with van der Waals surface area (Å²) in [6.07, 6.45) is 2.96. The molecule has 2 amide bonds. The number of carboxylic acid groups (broad SMARTS) is 1. The second-order valence-electron chi connectivity index (χ2n) is 6.30. The molecule has 0 aromatic heterocycles. The molecule has 0 aliphatic carbocycles. The first-order valence-electron chi connectivity index (χ1n) is 7.35. The summed E-state index contributed by atoms with van der Waals surface area (Å²) in [4.78, 5) is 26.5. The fourth-order valence-corrected chi connectivity index (χ4v) is 2.95. The number of aliphatic carboxylic acids is 1. The maximum Gasteiger partial charge on any atom is 0.320 e. The number of carbonyl (C=O) groups is 2. The van der Waals surface area contributed by atoms with Gasteiger partial charge in [-0.15, -0.1) is 0 Å². The molecule has 2 heterocycles. The highest BCUT2D eigenvalue weighted by atomic mass is 16.4. The molecule has 6 nitrogen and oxygen atoms in total. The summed E-state index contributed by atoms with van der Waals surface area (Å²) in [6.45, 7) is 4.39. The third-order valence-corrected chi connectivity index (χ3v) is 4.43. The largest absolute Gasteiger partial charge is 0.481 e. The van der Waals surface area contributed by atoms with Gasteiger partial charge in [-0.2, -0.15) is 0 Å². The number of piperidine rings is 1. The molecule has 6 heteroatoms. The Kier molecular flexibility index (Phi) is 4.52. The number of nitrogens with zero attached hydrogens (tertiary/aromatic N) is 2. The van der Waals surface area contributed by atoms with E-state index in [0.29, 0.717) is 44.8 Å². The molecule has 0 aromatic carbocycles. The molecule has 20 heavy (non-hydrogen) atoms. The number of hydrogen-bond acceptors (Lipinski definition) is 3. The van der Waals surface area contributed by atoms with Crippen LogP contribution in [-0.2, 0) is 4.79 Å². The lowest BCUT2D eigenvalue weighted by molar-refractivity contribution is -0.137. The van der Waals surface area contributed by atoms with Crippen LogP contribution >= 0.6 is 0 Å². The topological polar surface area (TPSA) is 81.1 Å². The maximum atomic E-state index is 12.3. The molecular weight excluding hydrogens is 260 g/mol. The SMILES string of the molecule is CC1(O)CCN(C(=O)N2CCC(CCC(=O)O)C2)CC1. The van der Waals surface area contributed by atoms with E-state index in [-0.39, 0.29) is 12.5 Å². The van der Waals surface area contributed by atoms with Gasteiger partial charge in [-0.25, -0.2) is 4.79 Å². The molecule has 1 unspecified atom stereocenters. The number of amides is 2. The normalized spacial score (nSPS) is 25.8. The molecule has 0 radical (unpaired) electrons. The summed E-state index contributed by atoms with van der Waals surface area (Å²) in [5.41, 5.74) is -0.647. The quantitative estimate of drug-likeness (QED) is 0.814. The Labute approximate surface area is 119 Å². The van der Waals surface area contributed by atoms with E-state index in [2.05, 4.69) is 0 Å². The van der Waals surface area contributed by atoms with Crippen molar-refractivity contribution in [1.82, 2.24) is 9.80 Å². The second-order valence-corrected chi connectivity index (χ2v) is 6.30. The first-order chi connectivity index (χ1) is 9.37. The van der Waals surface area contributed by atoms with Gasteiger partial charge in [0.1, 0.15) is 0 Å². The van der Waals surface area contributed by atoms with Crippen molar-refractivity contribution in [3.63, 3.8) is 0 Å². The van der Waals surface area contributed by atoms with Gasteiger partial charge in [0.05, 0.1) is 5.60 Å². The molecular formula is C14H24N2O4. The fourth-order valence-electron chi connectivity index (χ4n) is 2.95. The van der Waals surface area contributed by atoms with E-state index in [1.165, 1.54) is 0 Å². The molecule has 2 aliphatic heterocycles. The van der Waals surface area contributed by atoms with Crippen LogP contribution in [0, 0.1) is 5.92 Å². The Morgan fingerprint density at radius 1 is 1.20 bits per heavy atom. The van der Waals surface area contributed by atoms with Crippen LogP contribution in [0.15, 0.2) is 0 Å². The van der Waals surface area contributed by atoms with Crippen LogP contribution < -0.4 is 0 Å². The highest BCUT2D eigenvalue weighted by Gasteiger charge is 2.34. The average molecular weight is 284 g/mol. The zero-order valence-corrected chi connectivity index (χ0v) is 12.0. The lowest BCUT2D eigenvalue weighted by atomic mass is 9.94. The number of carboxylic acids is 1. The second kappa shape index (κ2) is 5.99. The number of aliphatic hydroxyl groups is 1. The first kappa shape index (κ1) is 15.1. The Hall–Kier alpha value is -1.30. The molecule has 2 N–H and O–H groups in total. The van der Waals surface area contributed by atoms with E-state index >= 15 is 0 Å². The van der Waals surface area contributed by atoms with Gasteiger partial charge in [-0.1, -0.05) is 0 Å². The summed E-state index contributed by atoms with van der Waals surface area (Å²) in [6, 6.07) is 0.0401. The molecule has 2 aliphatic rings. The zero-order chi connectivity index (χ0) is 14.8. The third kappa shape index (κ3) is 3.85. The van der Waals surface area contributed by atoms with Crippen molar-refractivity contribution >= 4 is 12.0 Å². The maximum absolute atomic E-state index is 12.3. The van der Waals surface area contributed by atoms with Gasteiger partial charge in [0.25, 0.3) is 0 Å². The van der Waals surface area contributed by atoms with Crippen LogP contribution in [-0.4, -0.2) is 63.8 Å². The minimum atomic E-state index is -0.770. The minimum absolute atomic E-state index is 0.0401. The van der Waals surface area contributed by atoms with Crippen LogP contribution in [0.2, 0.25) is 0 Å². The van der Waals surface area contributed by atoms with Crippen LogP contribution in [0.1, 0.15) is 39.0 Å². The van der Waals surface area contributed by atoms with Crippen molar-refractivity contribution < 1.29 is 19.8 Å². The number of carbonyl (C=O) groups excluding carboxylic acids is 1. The van der Waals surface area contributed by atoms with E-state index in [9.17, 15) is 14.7 Å². The lowest BCUT2D eigenvalue weighted by Crippen LogP contribution is -2.49. The van der Waals surface area contributed by atoms with Crippen molar-refractivity contribution in [1.29, 1.82) is 0 Å². The molecule has 1 atom stereocenters. The third-order valence-electron chi connectivity index (χ3n) is 4.43. The van der Waals surface area contributed by atoms with Gasteiger partial charge in [-0.05, 0) is 38.5 Å². The van der Waals surface area contributed by atoms with Crippen LogP contribution in [0.4, 0.5) is 4.79 Å². The molecule has 0 aromatic rings. The number of urea groups is 1. The van der Waals surface area contributed by atoms with Crippen molar-refractivity contribution in [3.05, 3.63) is 0 Å². The zero-order valence-electron chi connectivity index (χ0n) is 12.0. The van der Waals surface area contributed by atoms with Gasteiger partial charge in [0, 0.05) is 32.6 Å². The van der Waals surface area contributed by atoms with E-state index in [1.54, 1.807) is 4.90 Å². The van der Waals surface area contributed by atoms with Gasteiger partial charge in [-0.3, -0.25) is 4.79 Å². The molecule has 114 valence electrons. The molecule has 2 rings (SSSR count). The number of likely N-dealkylation sites (tertiary alicyclic amines) is 2. The Morgan fingerprint density at radius 2 is 1.85 bits per heavy atom. The average Bonchev–Trinajstić information content (AvgIpc) is 2.84. The highest BCUT2D eigenvalue weighted by molar-refractivity contribution is 5.75. The minimum Gasteiger partial charge on any atom is -0.481 e. The van der Waals surface area contributed by atoms with Gasteiger partial charge in [0.2, 0.25) is 0 Å². The summed E-state index contributed by atoms with van der Waals surface area (Å²) in [5.74, 6) is -0.462. The molecule has 0 bridgehead atoms. The smallest absolute Gasteiger partial charge is 0.320 e. The predicted octanol–water partition coefficient (Wildman–Crippen LogP) is 1.14. The van der Waals surface area contributed by atoms with Crippen LogP contribution in [0.5, 0.6) is 0 Å². The fraction of sp³-hybridized carbons (Fsp3) is 0.857. The monoisotopic (exact) mass is 284 g/mol. The first-order valence-corrected chi connectivity index (χ1v) is 7.35. The Morgan fingerprint density at radius 3 is 2.45 bits per heavy atom. The summed E-state index contributed by atoms with van der Waals surface area (Å²) in [5, 5.41) is 18.6. The van der Waals surface area contributed by atoms with Gasteiger partial charge >= 0.3 is 12.0 Å². The Balaban J connectivity index is 1.78. The van der Waals surface area contributed by atoms with Crippen LogP contribution in [0.3, 0.4) is 0 Å². The van der Waals surface area contributed by atoms with E-state index < -0.39 is 11.6 Å². The summed E-state index contributed by atoms with van der Waals surface area (Å²) in [7, 11) is 0. The lowest BCUT2D eigenvalue weighted by Gasteiger charge is -2.37. The van der Waals surface area contributed by atoms with E-state index in [4.69, 9.17) is 5.11 Å². The molecule has 2 saturated heterocycles. The predicted molar refractivity (Wildman–Crippen MR) is 73.4 cm³/mol. The molecule has 2 fully saturated rings.